The Morgan fingerprint density at radius 3 is 2.07 bits per heavy atom. The van der Waals surface area contributed by atoms with Crippen molar-refractivity contribution in [1.29, 1.82) is 0 Å². The number of nitrogens with zero attached hydrogens (tertiary/aromatic N) is 1. The Balaban J connectivity index is 1.24. The lowest BCUT2D eigenvalue weighted by Crippen LogP contribution is -2.31. The number of hydrogen-bond acceptors (Lipinski definition) is 7. The third kappa shape index (κ3) is 5.47. The Hall–Kier alpha value is -4.28. The van der Waals surface area contributed by atoms with Crippen LogP contribution in [-0.2, 0) is 16.1 Å². The molecule has 1 fully saturated rings. The molecule has 2 aliphatic rings. The predicted molar refractivity (Wildman–Crippen MR) is 157 cm³/mol. The number of fused-ring (bicyclic) bond motifs is 1. The topological polar surface area (TPSA) is 113 Å². The summed E-state index contributed by atoms with van der Waals surface area (Å²) in [7, 11) is 0. The zero-order valence-electron chi connectivity index (χ0n) is 22.4. The third-order valence-corrected chi connectivity index (χ3v) is 8.58. The number of imide groups is 1. The van der Waals surface area contributed by atoms with E-state index in [1.165, 1.54) is 16.7 Å². The quantitative estimate of drug-likeness (QED) is 0.192. The number of aliphatic hydroxyl groups excluding tert-OH is 1. The normalized spacial score (nSPS) is 20.0. The summed E-state index contributed by atoms with van der Waals surface area (Å²) in [5.74, 6) is -1.20. The maximum atomic E-state index is 12.9. The molecule has 2 heterocycles. The van der Waals surface area contributed by atoms with Crippen molar-refractivity contribution in [2.75, 3.05) is 10.7 Å². The minimum absolute atomic E-state index is 0.0563. The summed E-state index contributed by atoms with van der Waals surface area (Å²) in [5.41, 5.74) is 3.90. The van der Waals surface area contributed by atoms with Crippen LogP contribution in [0, 0.1) is 0 Å². The molecule has 2 N–H and O–H groups in total. The van der Waals surface area contributed by atoms with Crippen LogP contribution in [0.4, 0.5) is 5.69 Å². The molecule has 0 aromatic heterocycles. The molecule has 0 aliphatic carbocycles. The van der Waals surface area contributed by atoms with Gasteiger partial charge in [0.1, 0.15) is 0 Å². The molecular formula is C33H27NO7S. The molecule has 8 nitrogen and oxygen atoms in total. The van der Waals surface area contributed by atoms with E-state index in [0.717, 1.165) is 11.1 Å². The van der Waals surface area contributed by atoms with Crippen LogP contribution >= 0.6 is 11.8 Å². The van der Waals surface area contributed by atoms with Crippen molar-refractivity contribution in [2.45, 2.75) is 36.4 Å². The lowest BCUT2D eigenvalue weighted by atomic mass is 10.0. The number of amides is 2. The van der Waals surface area contributed by atoms with Gasteiger partial charge < -0.3 is 19.7 Å². The van der Waals surface area contributed by atoms with Gasteiger partial charge in [0, 0.05) is 22.6 Å². The van der Waals surface area contributed by atoms with Gasteiger partial charge in [0.05, 0.1) is 41.2 Å². The Morgan fingerprint density at radius 2 is 1.43 bits per heavy atom. The number of rotatable bonds is 8. The van der Waals surface area contributed by atoms with Crippen LogP contribution in [0.2, 0.25) is 0 Å². The zero-order valence-corrected chi connectivity index (χ0v) is 23.2. The van der Waals surface area contributed by atoms with Crippen molar-refractivity contribution < 1.29 is 34.1 Å². The molecule has 9 heteroatoms. The van der Waals surface area contributed by atoms with Crippen LogP contribution in [0.3, 0.4) is 0 Å². The molecule has 2 amide bonds. The summed E-state index contributed by atoms with van der Waals surface area (Å²) in [4.78, 5) is 39.4. The van der Waals surface area contributed by atoms with Crippen LogP contribution < -0.4 is 4.90 Å². The summed E-state index contributed by atoms with van der Waals surface area (Å²) >= 11 is 1.42. The smallest absolute Gasteiger partial charge is 0.336 e. The maximum Gasteiger partial charge on any atom is 0.336 e. The number of aromatic carboxylic acids is 1. The van der Waals surface area contributed by atoms with E-state index < -0.39 is 12.3 Å². The number of benzene rings is 4. The Labute approximate surface area is 246 Å². The number of thioether (sulfide) groups is 1. The van der Waals surface area contributed by atoms with E-state index in [1.807, 2.05) is 30.3 Å². The van der Waals surface area contributed by atoms with Crippen molar-refractivity contribution in [2.24, 2.45) is 0 Å². The molecule has 1 saturated heterocycles. The number of anilines is 1. The van der Waals surface area contributed by atoms with Gasteiger partial charge in [0.15, 0.2) is 6.29 Å². The summed E-state index contributed by atoms with van der Waals surface area (Å²) in [6.07, 6.45) is -0.774. The number of carboxylic acids is 1. The van der Waals surface area contributed by atoms with E-state index in [1.54, 1.807) is 66.7 Å². The Bertz CT molecular complexity index is 1600. The van der Waals surface area contributed by atoms with Gasteiger partial charge in [0.2, 0.25) is 0 Å². The average molecular weight is 582 g/mol. The largest absolute Gasteiger partial charge is 0.478 e. The number of hydrogen-bond donors (Lipinski definition) is 2. The van der Waals surface area contributed by atoms with E-state index in [2.05, 4.69) is 0 Å². The average Bonchev–Trinajstić information content (AvgIpc) is 3.29. The van der Waals surface area contributed by atoms with Gasteiger partial charge in [0.25, 0.3) is 11.8 Å². The van der Waals surface area contributed by atoms with Crippen molar-refractivity contribution in [3.05, 3.63) is 130 Å². The van der Waals surface area contributed by atoms with Crippen LogP contribution in [0.25, 0.3) is 0 Å². The first-order chi connectivity index (χ1) is 20.4. The van der Waals surface area contributed by atoms with Gasteiger partial charge in [-0.3, -0.25) is 9.59 Å². The van der Waals surface area contributed by atoms with Crippen LogP contribution in [0.1, 0.15) is 66.6 Å². The first-order valence-corrected chi connectivity index (χ1v) is 14.4. The molecule has 212 valence electrons. The fraction of sp³-hybridized carbons (Fsp3) is 0.182. The second-order valence-electron chi connectivity index (χ2n) is 10.0. The summed E-state index contributed by atoms with van der Waals surface area (Å²) in [6, 6.07) is 28.2. The van der Waals surface area contributed by atoms with Crippen molar-refractivity contribution >= 4 is 35.2 Å². The number of aliphatic hydroxyl groups is 1. The summed E-state index contributed by atoms with van der Waals surface area (Å²) < 4.78 is 12.8. The number of carbonyl (C=O) groups is 3. The fourth-order valence-electron chi connectivity index (χ4n) is 5.18. The van der Waals surface area contributed by atoms with Crippen molar-refractivity contribution in [3.63, 3.8) is 0 Å². The molecule has 0 bridgehead atoms. The van der Waals surface area contributed by atoms with Gasteiger partial charge in [-0.25, -0.2) is 9.69 Å². The van der Waals surface area contributed by atoms with Crippen molar-refractivity contribution in [1.82, 2.24) is 0 Å². The minimum Gasteiger partial charge on any atom is -0.478 e. The number of carbonyl (C=O) groups excluding carboxylic acids is 2. The van der Waals surface area contributed by atoms with E-state index >= 15 is 0 Å². The third-order valence-electron chi connectivity index (χ3n) is 7.37. The molecule has 0 unspecified atom stereocenters. The van der Waals surface area contributed by atoms with Gasteiger partial charge >= 0.3 is 5.97 Å². The lowest BCUT2D eigenvalue weighted by Gasteiger charge is -2.36. The van der Waals surface area contributed by atoms with E-state index in [4.69, 9.17) is 9.47 Å². The highest BCUT2D eigenvalue weighted by molar-refractivity contribution is 7.99. The highest BCUT2D eigenvalue weighted by atomic mass is 32.2. The van der Waals surface area contributed by atoms with Crippen LogP contribution in [0.15, 0.2) is 102 Å². The predicted octanol–water partition coefficient (Wildman–Crippen LogP) is 6.02. The first kappa shape index (κ1) is 27.9. The molecule has 6 rings (SSSR count). The van der Waals surface area contributed by atoms with E-state index in [9.17, 15) is 24.6 Å². The molecule has 3 atom stereocenters. The lowest BCUT2D eigenvalue weighted by molar-refractivity contribution is -0.245. The van der Waals surface area contributed by atoms with E-state index in [-0.39, 0.29) is 36.2 Å². The van der Waals surface area contributed by atoms with Gasteiger partial charge in [-0.15, -0.1) is 11.8 Å². The highest BCUT2D eigenvalue weighted by Gasteiger charge is 2.37. The molecular weight excluding hydrogens is 554 g/mol. The molecule has 0 spiro atoms. The highest BCUT2D eigenvalue weighted by Crippen LogP contribution is 2.40. The SMILES string of the molecule is O=C(O)c1ccccc1SC[C@H]1C[C@@H](c2ccc(CO)cc2)O[C@@H](c2ccc(N3C(=O)c4ccccc4C3=O)cc2)O1. The zero-order chi connectivity index (χ0) is 29.2. The summed E-state index contributed by atoms with van der Waals surface area (Å²) in [5, 5.41) is 19.0. The molecule has 0 radical (unpaired) electrons. The number of ether oxygens (including phenoxy) is 2. The fourth-order valence-corrected chi connectivity index (χ4v) is 6.24. The standard InChI is InChI=1S/C33H27NO7S/c35-18-20-9-11-21(12-10-20)28-17-24(19-42-29-8-4-3-7-27(29)32(38)39)40-33(41-28)22-13-15-23(16-14-22)34-30(36)25-5-1-2-6-26(25)31(34)37/h1-16,24,28,33,35H,17-19H2,(H,38,39)/t24-,28+,33+/m1/s1. The maximum absolute atomic E-state index is 12.9. The molecule has 42 heavy (non-hydrogen) atoms. The molecule has 4 aromatic carbocycles. The van der Waals surface area contributed by atoms with Crippen LogP contribution in [-0.4, -0.2) is 39.9 Å². The van der Waals surface area contributed by atoms with Gasteiger partial charge in [-0.2, -0.15) is 0 Å². The molecule has 4 aromatic rings. The van der Waals surface area contributed by atoms with Crippen LogP contribution in [0.5, 0.6) is 0 Å². The first-order valence-electron chi connectivity index (χ1n) is 13.5. The minimum atomic E-state index is -0.983. The Kier molecular flexibility index (Phi) is 7.90. The Morgan fingerprint density at radius 1 is 0.810 bits per heavy atom. The second-order valence-corrected chi connectivity index (χ2v) is 11.1. The van der Waals surface area contributed by atoms with E-state index in [0.29, 0.717) is 39.4 Å². The second kappa shape index (κ2) is 11.9. The van der Waals surface area contributed by atoms with Gasteiger partial charge in [-0.05, 0) is 47.5 Å². The molecule has 0 saturated carbocycles. The monoisotopic (exact) mass is 581 g/mol. The summed E-state index contributed by atoms with van der Waals surface area (Å²) in [6.45, 7) is -0.0563. The molecule has 2 aliphatic heterocycles. The van der Waals surface area contributed by atoms with Gasteiger partial charge in [-0.1, -0.05) is 60.7 Å². The number of carboxylic acid groups (broad SMARTS) is 1. The van der Waals surface area contributed by atoms with Crippen molar-refractivity contribution in [3.8, 4) is 0 Å².